The van der Waals surface area contributed by atoms with Crippen molar-refractivity contribution in [2.24, 2.45) is 0 Å². The van der Waals surface area contributed by atoms with Gasteiger partial charge in [0.1, 0.15) is 12.7 Å². The fourth-order valence-electron chi connectivity index (χ4n) is 3.14. The summed E-state index contributed by atoms with van der Waals surface area (Å²) in [5.41, 5.74) is 2.19. The number of cyclic esters (lactones) is 1. The first-order valence-electron chi connectivity index (χ1n) is 8.98. The maximum atomic E-state index is 12.5. The van der Waals surface area contributed by atoms with E-state index in [1.165, 1.54) is 6.92 Å². The number of benzene rings is 2. The first-order valence-corrected chi connectivity index (χ1v) is 8.98. The molecule has 1 saturated heterocycles. The van der Waals surface area contributed by atoms with Crippen molar-refractivity contribution >= 4 is 12.1 Å². The molecule has 0 spiro atoms. The summed E-state index contributed by atoms with van der Waals surface area (Å²) in [4.78, 5) is 25.2. The van der Waals surface area contributed by atoms with Crippen molar-refractivity contribution in [3.8, 4) is 0 Å². The Morgan fingerprint density at radius 1 is 1.07 bits per heavy atom. The van der Waals surface area contributed by atoms with Gasteiger partial charge in [0.05, 0.1) is 6.04 Å². The molecule has 0 radical (unpaired) electrons. The molecular formula is C22H23NO4. The number of carbonyl (C=O) groups is 2. The van der Waals surface area contributed by atoms with Crippen LogP contribution >= 0.6 is 0 Å². The summed E-state index contributed by atoms with van der Waals surface area (Å²) in [6, 6.07) is 19.8. The van der Waals surface area contributed by atoms with E-state index in [2.05, 4.69) is 0 Å². The smallest absolute Gasteiger partial charge is 0.411 e. The molecule has 3 rings (SSSR count). The van der Waals surface area contributed by atoms with Crippen LogP contribution < -0.4 is 0 Å². The highest BCUT2D eigenvalue weighted by Gasteiger charge is 2.40. The van der Waals surface area contributed by atoms with Gasteiger partial charge in [0.2, 0.25) is 0 Å². The third-order valence-corrected chi connectivity index (χ3v) is 4.44. The summed E-state index contributed by atoms with van der Waals surface area (Å²) in [6.45, 7) is 2.02. The zero-order chi connectivity index (χ0) is 19.1. The van der Waals surface area contributed by atoms with Crippen LogP contribution in [0.25, 0.3) is 0 Å². The van der Waals surface area contributed by atoms with Crippen LogP contribution in [-0.2, 0) is 27.2 Å². The van der Waals surface area contributed by atoms with Gasteiger partial charge in [0.15, 0.2) is 0 Å². The van der Waals surface area contributed by atoms with Gasteiger partial charge in [-0.3, -0.25) is 9.69 Å². The first-order chi connectivity index (χ1) is 13.1. The SMILES string of the molecule is CC(=O)OC/C=C/[C@@H]1OC(=O)N(Cc2ccccc2)[C@H]1Cc1ccccc1. The second-order valence-electron chi connectivity index (χ2n) is 6.45. The Morgan fingerprint density at radius 3 is 2.33 bits per heavy atom. The number of hydrogen-bond donors (Lipinski definition) is 0. The van der Waals surface area contributed by atoms with E-state index < -0.39 is 6.10 Å². The Balaban J connectivity index is 1.77. The predicted octanol–water partition coefficient (Wildman–Crippen LogP) is 3.74. The average molecular weight is 365 g/mol. The lowest BCUT2D eigenvalue weighted by atomic mass is 10.00. The number of hydrogen-bond acceptors (Lipinski definition) is 4. The van der Waals surface area contributed by atoms with Gasteiger partial charge in [-0.1, -0.05) is 60.7 Å². The number of ether oxygens (including phenoxy) is 2. The number of rotatable bonds is 7. The highest BCUT2D eigenvalue weighted by molar-refractivity contribution is 5.71. The minimum absolute atomic E-state index is 0.131. The van der Waals surface area contributed by atoms with Gasteiger partial charge in [-0.05, 0) is 29.7 Å². The summed E-state index contributed by atoms with van der Waals surface area (Å²) in [6.07, 6.45) is 3.49. The Hall–Kier alpha value is -3.08. The monoisotopic (exact) mass is 365 g/mol. The third-order valence-electron chi connectivity index (χ3n) is 4.44. The predicted molar refractivity (Wildman–Crippen MR) is 102 cm³/mol. The summed E-state index contributed by atoms with van der Waals surface area (Å²) >= 11 is 0. The Morgan fingerprint density at radius 2 is 1.70 bits per heavy atom. The topological polar surface area (TPSA) is 55.8 Å². The molecule has 0 aromatic heterocycles. The van der Waals surface area contributed by atoms with Gasteiger partial charge >= 0.3 is 12.1 Å². The van der Waals surface area contributed by atoms with E-state index in [9.17, 15) is 9.59 Å². The van der Waals surface area contributed by atoms with Crippen molar-refractivity contribution < 1.29 is 19.1 Å². The fourth-order valence-corrected chi connectivity index (χ4v) is 3.14. The van der Waals surface area contributed by atoms with Gasteiger partial charge in [-0.2, -0.15) is 0 Å². The quantitative estimate of drug-likeness (QED) is 0.554. The van der Waals surface area contributed by atoms with E-state index in [1.54, 1.807) is 17.1 Å². The van der Waals surface area contributed by atoms with Gasteiger partial charge in [-0.25, -0.2) is 4.79 Å². The molecule has 140 valence electrons. The maximum absolute atomic E-state index is 12.5. The van der Waals surface area contributed by atoms with E-state index in [1.807, 2.05) is 60.7 Å². The van der Waals surface area contributed by atoms with E-state index in [4.69, 9.17) is 9.47 Å². The van der Waals surface area contributed by atoms with Crippen LogP contribution in [0.15, 0.2) is 72.8 Å². The lowest BCUT2D eigenvalue weighted by Crippen LogP contribution is -2.37. The molecule has 1 heterocycles. The molecule has 27 heavy (non-hydrogen) atoms. The minimum Gasteiger partial charge on any atom is -0.462 e. The van der Waals surface area contributed by atoms with Crippen LogP contribution in [0.5, 0.6) is 0 Å². The van der Waals surface area contributed by atoms with Gasteiger partial charge < -0.3 is 9.47 Å². The Bertz CT molecular complexity index is 788. The number of carbonyl (C=O) groups excluding carboxylic acids is 2. The van der Waals surface area contributed by atoms with Gasteiger partial charge in [-0.15, -0.1) is 0 Å². The van der Waals surface area contributed by atoms with Gasteiger partial charge in [0, 0.05) is 13.5 Å². The highest BCUT2D eigenvalue weighted by atomic mass is 16.6. The molecular weight excluding hydrogens is 342 g/mol. The second kappa shape index (κ2) is 9.03. The van der Waals surface area contributed by atoms with Crippen LogP contribution in [0.4, 0.5) is 4.79 Å². The fraction of sp³-hybridized carbons (Fsp3) is 0.273. The molecule has 2 atom stereocenters. The normalized spacial score (nSPS) is 19.3. The van der Waals surface area contributed by atoms with Crippen LogP contribution in [0.3, 0.4) is 0 Å². The summed E-state index contributed by atoms with van der Waals surface area (Å²) in [5, 5.41) is 0. The molecule has 0 saturated carbocycles. The van der Waals surface area contributed by atoms with E-state index in [0.717, 1.165) is 11.1 Å². The summed E-state index contributed by atoms with van der Waals surface area (Å²) in [7, 11) is 0. The molecule has 0 bridgehead atoms. The Kier molecular flexibility index (Phi) is 6.26. The van der Waals surface area contributed by atoms with Crippen molar-refractivity contribution in [1.29, 1.82) is 0 Å². The molecule has 1 fully saturated rings. The molecule has 5 nitrogen and oxygen atoms in total. The molecule has 1 aliphatic rings. The maximum Gasteiger partial charge on any atom is 0.411 e. The largest absolute Gasteiger partial charge is 0.462 e. The molecule has 0 unspecified atom stereocenters. The number of esters is 1. The van der Waals surface area contributed by atoms with Crippen LogP contribution in [0, 0.1) is 0 Å². The lowest BCUT2D eigenvalue weighted by Gasteiger charge is -2.24. The molecule has 1 amide bonds. The van der Waals surface area contributed by atoms with Crippen molar-refractivity contribution in [2.45, 2.75) is 32.0 Å². The zero-order valence-corrected chi connectivity index (χ0v) is 15.3. The van der Waals surface area contributed by atoms with Crippen LogP contribution in [-0.4, -0.2) is 35.7 Å². The molecule has 0 aliphatic carbocycles. The molecule has 0 N–H and O–H groups in total. The van der Waals surface area contributed by atoms with Crippen LogP contribution in [0.2, 0.25) is 0 Å². The summed E-state index contributed by atoms with van der Waals surface area (Å²) < 4.78 is 10.5. The zero-order valence-electron chi connectivity index (χ0n) is 15.3. The third kappa shape index (κ3) is 5.20. The molecule has 2 aromatic rings. The molecule has 1 aliphatic heterocycles. The first kappa shape index (κ1) is 18.7. The molecule has 2 aromatic carbocycles. The van der Waals surface area contributed by atoms with Crippen molar-refractivity contribution in [1.82, 2.24) is 4.90 Å². The summed E-state index contributed by atoms with van der Waals surface area (Å²) in [5.74, 6) is -0.338. The van der Waals surface area contributed by atoms with Crippen LogP contribution in [0.1, 0.15) is 18.1 Å². The Labute approximate surface area is 159 Å². The second-order valence-corrected chi connectivity index (χ2v) is 6.45. The van der Waals surface area contributed by atoms with E-state index in [0.29, 0.717) is 13.0 Å². The number of nitrogens with zero attached hydrogens (tertiary/aromatic N) is 1. The lowest BCUT2D eigenvalue weighted by molar-refractivity contribution is -0.139. The standard InChI is InChI=1S/C22H23NO4/c1-17(24)26-14-8-13-21-20(15-18-9-4-2-5-10-18)23(22(25)27-21)16-19-11-6-3-7-12-19/h2-13,20-21H,14-16H2,1H3/b13-8+/t20-,21-/m0/s1. The molecule has 5 heteroatoms. The van der Waals surface area contributed by atoms with Crippen molar-refractivity contribution in [3.05, 3.63) is 83.9 Å². The number of amides is 1. The highest BCUT2D eigenvalue weighted by Crippen LogP contribution is 2.26. The van der Waals surface area contributed by atoms with Gasteiger partial charge in [0.25, 0.3) is 0 Å². The minimum atomic E-state index is -0.392. The average Bonchev–Trinajstić information content (AvgIpc) is 2.95. The van der Waals surface area contributed by atoms with E-state index in [-0.39, 0.29) is 24.7 Å². The van der Waals surface area contributed by atoms with Crippen molar-refractivity contribution in [3.63, 3.8) is 0 Å². The van der Waals surface area contributed by atoms with E-state index >= 15 is 0 Å². The van der Waals surface area contributed by atoms with Crippen molar-refractivity contribution in [2.75, 3.05) is 6.61 Å².